The Labute approximate surface area is 183 Å². The Morgan fingerprint density at radius 3 is 2.65 bits per heavy atom. The minimum absolute atomic E-state index is 0.0459. The zero-order valence-electron chi connectivity index (χ0n) is 18.1. The maximum absolute atomic E-state index is 13.5. The van der Waals surface area contributed by atoms with Crippen molar-refractivity contribution in [3.05, 3.63) is 77.6 Å². The minimum Gasteiger partial charge on any atom is -0.377 e. The molecule has 1 atom stereocenters. The summed E-state index contributed by atoms with van der Waals surface area (Å²) in [5.41, 5.74) is 4.66. The molecule has 0 bridgehead atoms. The van der Waals surface area contributed by atoms with Crippen molar-refractivity contribution in [1.29, 1.82) is 0 Å². The van der Waals surface area contributed by atoms with Crippen molar-refractivity contribution in [2.75, 3.05) is 13.2 Å². The SMILES string of the molecule is CCOCc1ccc(C(=O)N2CCCC[C@H]2c2nc(C)ncc2-c2ccncc2)cc1. The van der Waals surface area contributed by atoms with Gasteiger partial charge in [0.25, 0.3) is 5.91 Å². The number of amides is 1. The Hall–Kier alpha value is -3.12. The van der Waals surface area contributed by atoms with Gasteiger partial charge in [0.05, 0.1) is 18.3 Å². The Morgan fingerprint density at radius 1 is 1.13 bits per heavy atom. The normalized spacial score (nSPS) is 16.3. The molecule has 1 aromatic carbocycles. The summed E-state index contributed by atoms with van der Waals surface area (Å²) >= 11 is 0. The number of pyridine rings is 1. The number of carbonyl (C=O) groups is 1. The fourth-order valence-electron chi connectivity index (χ4n) is 4.08. The molecule has 2 aromatic heterocycles. The topological polar surface area (TPSA) is 68.2 Å². The summed E-state index contributed by atoms with van der Waals surface area (Å²) in [5.74, 6) is 0.760. The van der Waals surface area contributed by atoms with Crippen LogP contribution in [0.2, 0.25) is 0 Å². The monoisotopic (exact) mass is 416 g/mol. The van der Waals surface area contributed by atoms with Crippen LogP contribution in [0.15, 0.2) is 55.0 Å². The van der Waals surface area contributed by atoms with Crippen LogP contribution in [0.5, 0.6) is 0 Å². The van der Waals surface area contributed by atoms with Crippen molar-refractivity contribution in [3.8, 4) is 11.1 Å². The lowest BCUT2D eigenvalue weighted by Gasteiger charge is -2.36. The summed E-state index contributed by atoms with van der Waals surface area (Å²) in [4.78, 5) is 28.8. The fraction of sp³-hybridized carbons (Fsp3) is 0.360. The van der Waals surface area contributed by atoms with Gasteiger partial charge in [-0.15, -0.1) is 0 Å². The van der Waals surface area contributed by atoms with Crippen LogP contribution in [0, 0.1) is 6.92 Å². The van der Waals surface area contributed by atoms with E-state index in [9.17, 15) is 4.79 Å². The van der Waals surface area contributed by atoms with Crippen molar-refractivity contribution in [2.45, 2.75) is 45.8 Å². The molecular formula is C25H28N4O2. The van der Waals surface area contributed by atoms with Crippen molar-refractivity contribution in [3.63, 3.8) is 0 Å². The third kappa shape index (κ3) is 4.80. The van der Waals surface area contributed by atoms with Crippen LogP contribution < -0.4 is 0 Å². The Kier molecular flexibility index (Phi) is 6.67. The molecule has 0 N–H and O–H groups in total. The number of likely N-dealkylation sites (tertiary alicyclic amines) is 1. The molecule has 6 nitrogen and oxygen atoms in total. The fourth-order valence-corrected chi connectivity index (χ4v) is 4.08. The van der Waals surface area contributed by atoms with E-state index in [1.165, 1.54) is 0 Å². The molecule has 4 rings (SSSR count). The average molecular weight is 417 g/mol. The Bertz CT molecular complexity index is 1020. The molecule has 0 spiro atoms. The lowest BCUT2D eigenvalue weighted by molar-refractivity contribution is 0.0606. The van der Waals surface area contributed by atoms with E-state index in [1.807, 2.05) is 61.3 Å². The second kappa shape index (κ2) is 9.79. The zero-order chi connectivity index (χ0) is 21.6. The lowest BCUT2D eigenvalue weighted by Crippen LogP contribution is -2.39. The standard InChI is InChI=1S/C25H28N4O2/c1-3-31-17-19-7-9-21(10-8-19)25(30)29-15-5-4-6-23(29)24-22(16-27-18(2)28-24)20-11-13-26-14-12-20/h7-14,16,23H,3-6,15,17H2,1-2H3/t23-/m0/s1. The van der Waals surface area contributed by atoms with E-state index in [1.54, 1.807) is 12.4 Å². The van der Waals surface area contributed by atoms with Gasteiger partial charge in [0.2, 0.25) is 0 Å². The third-order valence-corrected chi connectivity index (χ3v) is 5.68. The number of ether oxygens (including phenoxy) is 1. The van der Waals surface area contributed by atoms with Gasteiger partial charge in [0.1, 0.15) is 5.82 Å². The van der Waals surface area contributed by atoms with E-state index in [4.69, 9.17) is 9.72 Å². The number of nitrogens with zero attached hydrogens (tertiary/aromatic N) is 4. The molecular weight excluding hydrogens is 388 g/mol. The highest BCUT2D eigenvalue weighted by molar-refractivity contribution is 5.94. The van der Waals surface area contributed by atoms with Gasteiger partial charge >= 0.3 is 0 Å². The second-order valence-electron chi connectivity index (χ2n) is 7.80. The largest absolute Gasteiger partial charge is 0.377 e. The molecule has 1 saturated heterocycles. The Morgan fingerprint density at radius 2 is 1.90 bits per heavy atom. The molecule has 1 amide bonds. The maximum Gasteiger partial charge on any atom is 0.254 e. The van der Waals surface area contributed by atoms with E-state index in [-0.39, 0.29) is 11.9 Å². The first-order chi connectivity index (χ1) is 15.2. The number of rotatable bonds is 6. The average Bonchev–Trinajstić information content (AvgIpc) is 2.83. The molecule has 0 radical (unpaired) electrons. The number of piperidine rings is 1. The summed E-state index contributed by atoms with van der Waals surface area (Å²) < 4.78 is 5.46. The highest BCUT2D eigenvalue weighted by Crippen LogP contribution is 2.36. The van der Waals surface area contributed by atoms with Crippen LogP contribution in [0.1, 0.15) is 59.7 Å². The number of hydrogen-bond donors (Lipinski definition) is 0. The van der Waals surface area contributed by atoms with E-state index >= 15 is 0 Å². The van der Waals surface area contributed by atoms with Crippen LogP contribution in [0.3, 0.4) is 0 Å². The van der Waals surface area contributed by atoms with Crippen molar-refractivity contribution < 1.29 is 9.53 Å². The first-order valence-corrected chi connectivity index (χ1v) is 10.9. The molecule has 0 unspecified atom stereocenters. The predicted octanol–water partition coefficient (Wildman–Crippen LogP) is 4.75. The van der Waals surface area contributed by atoms with Gasteiger partial charge < -0.3 is 9.64 Å². The highest BCUT2D eigenvalue weighted by Gasteiger charge is 2.31. The number of hydrogen-bond acceptors (Lipinski definition) is 5. The van der Waals surface area contributed by atoms with Crippen LogP contribution in [0.25, 0.3) is 11.1 Å². The highest BCUT2D eigenvalue weighted by atomic mass is 16.5. The number of benzene rings is 1. The van der Waals surface area contributed by atoms with Gasteiger partial charge in [-0.3, -0.25) is 9.78 Å². The summed E-state index contributed by atoms with van der Waals surface area (Å²) in [7, 11) is 0. The lowest BCUT2D eigenvalue weighted by atomic mass is 9.93. The summed E-state index contributed by atoms with van der Waals surface area (Å²) in [6, 6.07) is 11.6. The van der Waals surface area contributed by atoms with Gasteiger partial charge in [-0.05, 0) is 68.5 Å². The summed E-state index contributed by atoms with van der Waals surface area (Å²) in [6.07, 6.45) is 8.37. The smallest absolute Gasteiger partial charge is 0.254 e. The first-order valence-electron chi connectivity index (χ1n) is 10.9. The quantitative estimate of drug-likeness (QED) is 0.580. The minimum atomic E-state index is -0.0748. The molecule has 3 heterocycles. The number of aromatic nitrogens is 3. The molecule has 3 aromatic rings. The van der Waals surface area contributed by atoms with E-state index in [0.717, 1.165) is 48.2 Å². The second-order valence-corrected chi connectivity index (χ2v) is 7.80. The van der Waals surface area contributed by atoms with E-state index in [0.29, 0.717) is 24.6 Å². The summed E-state index contributed by atoms with van der Waals surface area (Å²) in [6.45, 7) is 5.83. The van der Waals surface area contributed by atoms with Gasteiger partial charge in [-0.1, -0.05) is 12.1 Å². The molecule has 1 aliphatic heterocycles. The van der Waals surface area contributed by atoms with Crippen molar-refractivity contribution in [1.82, 2.24) is 19.9 Å². The molecule has 1 fully saturated rings. The summed E-state index contributed by atoms with van der Waals surface area (Å²) in [5, 5.41) is 0. The van der Waals surface area contributed by atoms with Crippen molar-refractivity contribution in [2.24, 2.45) is 0 Å². The third-order valence-electron chi connectivity index (χ3n) is 5.68. The molecule has 0 saturated carbocycles. The zero-order valence-corrected chi connectivity index (χ0v) is 18.1. The van der Waals surface area contributed by atoms with E-state index in [2.05, 4.69) is 9.97 Å². The van der Waals surface area contributed by atoms with Crippen molar-refractivity contribution >= 4 is 5.91 Å². The first kappa shape index (κ1) is 21.1. The molecule has 1 aliphatic rings. The predicted molar refractivity (Wildman–Crippen MR) is 119 cm³/mol. The molecule has 0 aliphatic carbocycles. The van der Waals surface area contributed by atoms with Crippen LogP contribution in [-0.2, 0) is 11.3 Å². The Balaban J connectivity index is 1.65. The van der Waals surface area contributed by atoms with Gasteiger partial charge in [-0.2, -0.15) is 0 Å². The maximum atomic E-state index is 13.5. The van der Waals surface area contributed by atoms with Gasteiger partial charge in [0, 0.05) is 42.9 Å². The molecule has 160 valence electrons. The van der Waals surface area contributed by atoms with Gasteiger partial charge in [-0.25, -0.2) is 9.97 Å². The number of aryl methyl sites for hydroxylation is 1. The van der Waals surface area contributed by atoms with Crippen LogP contribution in [-0.4, -0.2) is 38.9 Å². The molecule has 31 heavy (non-hydrogen) atoms. The van der Waals surface area contributed by atoms with Crippen LogP contribution >= 0.6 is 0 Å². The molecule has 6 heteroatoms. The van der Waals surface area contributed by atoms with Gasteiger partial charge in [0.15, 0.2) is 0 Å². The number of carbonyl (C=O) groups excluding carboxylic acids is 1. The van der Waals surface area contributed by atoms with Crippen LogP contribution in [0.4, 0.5) is 0 Å². The van der Waals surface area contributed by atoms with E-state index < -0.39 is 0 Å².